The van der Waals surface area contributed by atoms with Gasteiger partial charge in [-0.2, -0.15) is 5.26 Å². The van der Waals surface area contributed by atoms with Gasteiger partial charge in [-0.05, 0) is 32.4 Å². The van der Waals surface area contributed by atoms with Crippen molar-refractivity contribution in [2.45, 2.75) is 12.8 Å². The van der Waals surface area contributed by atoms with Gasteiger partial charge in [0.1, 0.15) is 0 Å². The first kappa shape index (κ1) is 10.0. The molecule has 0 aromatic heterocycles. The lowest BCUT2D eigenvalue weighted by Crippen LogP contribution is -2.24. The SMILES string of the molecule is CN1CCC(CCNC(=O)C#N)C1. The maximum absolute atomic E-state index is 10.6. The average molecular weight is 181 g/mol. The number of hydrogen-bond donors (Lipinski definition) is 1. The van der Waals surface area contributed by atoms with E-state index in [1.54, 1.807) is 0 Å². The van der Waals surface area contributed by atoms with Crippen molar-refractivity contribution in [3.63, 3.8) is 0 Å². The van der Waals surface area contributed by atoms with Gasteiger partial charge >= 0.3 is 5.91 Å². The van der Waals surface area contributed by atoms with E-state index in [-0.39, 0.29) is 0 Å². The normalized spacial score (nSPS) is 22.6. The molecule has 1 N–H and O–H groups in total. The van der Waals surface area contributed by atoms with E-state index in [0.717, 1.165) is 19.5 Å². The first-order chi connectivity index (χ1) is 6.22. The van der Waals surface area contributed by atoms with Crippen molar-refractivity contribution in [1.82, 2.24) is 10.2 Å². The zero-order valence-corrected chi connectivity index (χ0v) is 7.92. The summed E-state index contributed by atoms with van der Waals surface area (Å²) in [5.74, 6) is 0.162. The van der Waals surface area contributed by atoms with E-state index in [0.29, 0.717) is 12.5 Å². The Balaban J connectivity index is 2.07. The van der Waals surface area contributed by atoms with Crippen molar-refractivity contribution in [2.75, 3.05) is 26.7 Å². The van der Waals surface area contributed by atoms with Gasteiger partial charge in [-0.3, -0.25) is 4.79 Å². The van der Waals surface area contributed by atoms with Gasteiger partial charge in [0.25, 0.3) is 0 Å². The molecule has 0 spiro atoms. The monoisotopic (exact) mass is 181 g/mol. The molecule has 1 fully saturated rings. The van der Waals surface area contributed by atoms with Crippen LogP contribution in [0.2, 0.25) is 0 Å². The van der Waals surface area contributed by atoms with Crippen molar-refractivity contribution in [2.24, 2.45) is 5.92 Å². The molecule has 0 aliphatic carbocycles. The molecular weight excluding hydrogens is 166 g/mol. The highest BCUT2D eigenvalue weighted by Crippen LogP contribution is 2.16. The van der Waals surface area contributed by atoms with Crippen LogP contribution in [0.5, 0.6) is 0 Å². The number of carbonyl (C=O) groups excluding carboxylic acids is 1. The summed E-state index contributed by atoms with van der Waals surface area (Å²) in [7, 11) is 2.11. The van der Waals surface area contributed by atoms with Crippen LogP contribution in [-0.4, -0.2) is 37.5 Å². The second-order valence-electron chi connectivity index (χ2n) is 3.57. The number of amides is 1. The van der Waals surface area contributed by atoms with Crippen LogP contribution in [0.1, 0.15) is 12.8 Å². The Bertz CT molecular complexity index is 221. The molecule has 0 aromatic rings. The number of nitrogens with one attached hydrogen (secondary N) is 1. The van der Waals surface area contributed by atoms with Gasteiger partial charge in [0.15, 0.2) is 6.07 Å². The summed E-state index contributed by atoms with van der Waals surface area (Å²) in [5, 5.41) is 10.8. The fourth-order valence-electron chi connectivity index (χ4n) is 1.69. The summed E-state index contributed by atoms with van der Waals surface area (Å²) in [5.41, 5.74) is 0. The number of carbonyl (C=O) groups is 1. The van der Waals surface area contributed by atoms with Crippen molar-refractivity contribution >= 4 is 5.91 Å². The van der Waals surface area contributed by atoms with Crippen LogP contribution >= 0.6 is 0 Å². The Kier molecular flexibility index (Phi) is 3.71. The first-order valence-corrected chi connectivity index (χ1v) is 4.59. The second-order valence-corrected chi connectivity index (χ2v) is 3.57. The molecule has 0 radical (unpaired) electrons. The van der Waals surface area contributed by atoms with E-state index in [2.05, 4.69) is 17.3 Å². The third-order valence-electron chi connectivity index (χ3n) is 2.43. The molecule has 0 saturated carbocycles. The van der Waals surface area contributed by atoms with Crippen LogP contribution in [0.3, 0.4) is 0 Å². The molecule has 1 saturated heterocycles. The molecule has 1 aliphatic rings. The van der Waals surface area contributed by atoms with Crippen LogP contribution in [-0.2, 0) is 4.79 Å². The third-order valence-corrected chi connectivity index (χ3v) is 2.43. The molecule has 1 heterocycles. The van der Waals surface area contributed by atoms with Crippen LogP contribution in [0, 0.1) is 17.2 Å². The molecule has 4 nitrogen and oxygen atoms in total. The lowest BCUT2D eigenvalue weighted by molar-refractivity contribution is -0.115. The molecule has 1 aliphatic heterocycles. The summed E-state index contributed by atoms with van der Waals surface area (Å²) in [6.45, 7) is 2.89. The van der Waals surface area contributed by atoms with Crippen molar-refractivity contribution in [3.05, 3.63) is 0 Å². The Morgan fingerprint density at radius 3 is 3.08 bits per heavy atom. The predicted octanol–water partition coefficient (Wildman–Crippen LogP) is -0.0320. The highest BCUT2D eigenvalue weighted by molar-refractivity contribution is 5.91. The maximum Gasteiger partial charge on any atom is 0.322 e. The molecule has 1 rings (SSSR count). The van der Waals surface area contributed by atoms with Crippen LogP contribution in [0.25, 0.3) is 0 Å². The lowest BCUT2D eigenvalue weighted by atomic mass is 10.1. The number of likely N-dealkylation sites (tertiary alicyclic amines) is 1. The molecule has 72 valence electrons. The summed E-state index contributed by atoms with van der Waals surface area (Å²) >= 11 is 0. The van der Waals surface area contributed by atoms with E-state index in [4.69, 9.17) is 5.26 Å². The van der Waals surface area contributed by atoms with Gasteiger partial charge in [-0.15, -0.1) is 0 Å². The van der Waals surface area contributed by atoms with Gasteiger partial charge < -0.3 is 10.2 Å². The highest BCUT2D eigenvalue weighted by atomic mass is 16.1. The molecule has 1 unspecified atom stereocenters. The van der Waals surface area contributed by atoms with E-state index in [1.807, 2.05) is 0 Å². The lowest BCUT2D eigenvalue weighted by Gasteiger charge is -2.09. The zero-order chi connectivity index (χ0) is 9.68. The third kappa shape index (κ3) is 3.43. The molecule has 0 aromatic carbocycles. The smallest absolute Gasteiger partial charge is 0.322 e. The fraction of sp³-hybridized carbons (Fsp3) is 0.778. The van der Waals surface area contributed by atoms with E-state index < -0.39 is 5.91 Å². The standard InChI is InChI=1S/C9H15N3O/c1-12-5-3-8(7-12)2-4-11-9(13)6-10/h8H,2-5,7H2,1H3,(H,11,13). The fourth-order valence-corrected chi connectivity index (χ4v) is 1.69. The topological polar surface area (TPSA) is 56.1 Å². The largest absolute Gasteiger partial charge is 0.344 e. The van der Waals surface area contributed by atoms with Gasteiger partial charge in [-0.25, -0.2) is 0 Å². The Labute approximate surface area is 78.5 Å². The van der Waals surface area contributed by atoms with E-state index >= 15 is 0 Å². The molecule has 13 heavy (non-hydrogen) atoms. The number of nitriles is 1. The van der Waals surface area contributed by atoms with Gasteiger partial charge in [0.2, 0.25) is 0 Å². The molecule has 4 heteroatoms. The number of nitrogens with zero attached hydrogens (tertiary/aromatic N) is 2. The first-order valence-electron chi connectivity index (χ1n) is 4.59. The summed E-state index contributed by atoms with van der Waals surface area (Å²) in [6, 6.07) is 1.54. The average Bonchev–Trinajstić information content (AvgIpc) is 2.51. The second kappa shape index (κ2) is 4.83. The summed E-state index contributed by atoms with van der Waals surface area (Å²) in [4.78, 5) is 12.9. The van der Waals surface area contributed by atoms with Crippen molar-refractivity contribution < 1.29 is 4.79 Å². The van der Waals surface area contributed by atoms with Crippen LogP contribution in [0.15, 0.2) is 0 Å². The Morgan fingerprint density at radius 1 is 1.77 bits per heavy atom. The molecule has 1 amide bonds. The quantitative estimate of drug-likeness (QED) is 0.622. The Morgan fingerprint density at radius 2 is 2.54 bits per heavy atom. The van der Waals surface area contributed by atoms with Crippen LogP contribution < -0.4 is 5.32 Å². The maximum atomic E-state index is 10.6. The van der Waals surface area contributed by atoms with Gasteiger partial charge in [-0.1, -0.05) is 0 Å². The van der Waals surface area contributed by atoms with Crippen molar-refractivity contribution in [3.8, 4) is 6.07 Å². The van der Waals surface area contributed by atoms with E-state index in [9.17, 15) is 4.79 Å². The predicted molar refractivity (Wildman–Crippen MR) is 48.8 cm³/mol. The zero-order valence-electron chi connectivity index (χ0n) is 7.92. The number of rotatable bonds is 3. The van der Waals surface area contributed by atoms with E-state index in [1.165, 1.54) is 12.5 Å². The minimum absolute atomic E-state index is 0.522. The van der Waals surface area contributed by atoms with Gasteiger partial charge in [0, 0.05) is 13.1 Å². The minimum Gasteiger partial charge on any atom is -0.344 e. The Hall–Kier alpha value is -1.08. The molecule has 0 bridgehead atoms. The summed E-state index contributed by atoms with van der Waals surface area (Å²) < 4.78 is 0. The molecule has 1 atom stereocenters. The summed E-state index contributed by atoms with van der Waals surface area (Å²) in [6.07, 6.45) is 2.19. The van der Waals surface area contributed by atoms with Gasteiger partial charge in [0.05, 0.1) is 0 Å². The minimum atomic E-state index is -0.522. The van der Waals surface area contributed by atoms with Crippen molar-refractivity contribution in [1.29, 1.82) is 5.26 Å². The number of hydrogen-bond acceptors (Lipinski definition) is 3. The highest BCUT2D eigenvalue weighted by Gasteiger charge is 2.18. The van der Waals surface area contributed by atoms with Crippen LogP contribution in [0.4, 0.5) is 0 Å². The molecular formula is C9H15N3O.